The minimum Gasteiger partial charge on any atom is -0.324 e. The molecule has 0 heterocycles. The fourth-order valence-electron chi connectivity index (χ4n) is 12.5. The minimum atomic E-state index is -3.50. The largest absolute Gasteiger partial charge is 0.328 e. The van der Waals surface area contributed by atoms with Gasteiger partial charge in [0, 0.05) is 6.16 Å². The fraction of sp³-hybridized carbons (Fsp3) is 1.00. The van der Waals surface area contributed by atoms with Crippen LogP contribution in [0.25, 0.3) is 0 Å². The Labute approximate surface area is 306 Å². The van der Waals surface area contributed by atoms with Gasteiger partial charge in [0.25, 0.3) is 0 Å². The van der Waals surface area contributed by atoms with E-state index in [1.54, 1.807) is 0 Å². The van der Waals surface area contributed by atoms with Gasteiger partial charge in [0.15, 0.2) is 0 Å². The molecule has 4 fully saturated rings. The third-order valence-corrected chi connectivity index (χ3v) is 16.9. The van der Waals surface area contributed by atoms with Crippen LogP contribution in [-0.4, -0.2) is 17.2 Å². The number of fused-ring (bicyclic) bond motifs is 5. The number of hydrogen-bond donors (Lipinski definition) is 1. The van der Waals surface area contributed by atoms with E-state index in [-0.39, 0.29) is 6.10 Å². The SMILES string of the molecule is CCCCCCCCCCCCCCCCCCP(=O)(O)O[C@H]1CC[C@@]2(C)C(CC[C@H]3[C@@H]4CC[C@H]([C@H](C)CCCC(C)C)[C@@]4(C)CC[C@@H]32)C1. The van der Waals surface area contributed by atoms with Crippen LogP contribution in [0, 0.1) is 52.3 Å². The molecule has 0 aromatic rings. The molecule has 49 heavy (non-hydrogen) atoms. The standard InChI is InChI=1S/C45H85O3P/c1-7-8-9-10-11-12-13-14-15-16-17-18-19-20-21-22-34-49(46,47)48-39-30-32-44(5)38(35-39)26-27-40-42-29-28-41(37(4)25-23-24-36(2)3)45(42,6)33-31-43(40)44/h36-43H,7-35H2,1-6H3,(H,46,47)/t37-,38?,39+,40+,41-,42+,43+,44+,45-/m1/s1. The molecular weight excluding hydrogens is 619 g/mol. The quantitative estimate of drug-likeness (QED) is 0.0803. The highest BCUT2D eigenvalue weighted by molar-refractivity contribution is 7.52. The first-order valence-corrected chi connectivity index (χ1v) is 24.3. The van der Waals surface area contributed by atoms with Crippen LogP contribution >= 0.6 is 7.60 Å². The van der Waals surface area contributed by atoms with Crippen LogP contribution in [0.2, 0.25) is 0 Å². The van der Waals surface area contributed by atoms with Crippen molar-refractivity contribution >= 4 is 7.60 Å². The Balaban J connectivity index is 1.09. The smallest absolute Gasteiger partial charge is 0.324 e. The van der Waals surface area contributed by atoms with Crippen LogP contribution in [0.15, 0.2) is 0 Å². The van der Waals surface area contributed by atoms with Crippen LogP contribution < -0.4 is 0 Å². The highest BCUT2D eigenvalue weighted by Crippen LogP contribution is 2.69. The fourth-order valence-corrected chi connectivity index (χ4v) is 13.9. The number of rotatable bonds is 24. The van der Waals surface area contributed by atoms with Crippen LogP contribution in [0.1, 0.15) is 221 Å². The van der Waals surface area contributed by atoms with E-state index >= 15 is 0 Å². The summed E-state index contributed by atoms with van der Waals surface area (Å²) in [5, 5.41) is 0. The van der Waals surface area contributed by atoms with Crippen molar-refractivity contribution in [3.63, 3.8) is 0 Å². The third kappa shape index (κ3) is 12.1. The van der Waals surface area contributed by atoms with E-state index in [9.17, 15) is 9.46 Å². The van der Waals surface area contributed by atoms with Crippen molar-refractivity contribution in [2.75, 3.05) is 6.16 Å². The molecule has 0 spiro atoms. The van der Waals surface area contributed by atoms with Crippen molar-refractivity contribution in [2.24, 2.45) is 52.3 Å². The van der Waals surface area contributed by atoms with E-state index in [0.717, 1.165) is 61.2 Å². The first kappa shape index (κ1) is 41.9. The zero-order valence-corrected chi connectivity index (χ0v) is 34.7. The zero-order valence-electron chi connectivity index (χ0n) is 33.8. The summed E-state index contributed by atoms with van der Waals surface area (Å²) in [6.45, 7) is 15.0. The van der Waals surface area contributed by atoms with Crippen molar-refractivity contribution in [1.82, 2.24) is 0 Å². The molecule has 4 heteroatoms. The molecule has 288 valence electrons. The van der Waals surface area contributed by atoms with Crippen molar-refractivity contribution in [3.8, 4) is 0 Å². The van der Waals surface area contributed by atoms with Gasteiger partial charge in [0.1, 0.15) is 0 Å². The number of hydrogen-bond acceptors (Lipinski definition) is 2. The van der Waals surface area contributed by atoms with E-state index in [1.807, 2.05) is 0 Å². The lowest BCUT2D eigenvalue weighted by Crippen LogP contribution is -2.54. The Bertz CT molecular complexity index is 965. The Morgan fingerprint density at radius 3 is 1.80 bits per heavy atom. The molecule has 0 aliphatic heterocycles. The highest BCUT2D eigenvalue weighted by Gasteiger charge is 2.60. The van der Waals surface area contributed by atoms with Gasteiger partial charge in [-0.05, 0) is 116 Å². The van der Waals surface area contributed by atoms with Crippen LogP contribution in [0.5, 0.6) is 0 Å². The molecule has 0 radical (unpaired) electrons. The molecule has 4 saturated carbocycles. The van der Waals surface area contributed by atoms with Gasteiger partial charge in [-0.25, -0.2) is 0 Å². The molecule has 0 saturated heterocycles. The summed E-state index contributed by atoms with van der Waals surface area (Å²) in [5.74, 6) is 5.98. The lowest BCUT2D eigenvalue weighted by molar-refractivity contribution is -0.127. The first-order valence-electron chi connectivity index (χ1n) is 22.5. The van der Waals surface area contributed by atoms with Gasteiger partial charge in [0.2, 0.25) is 0 Å². The third-order valence-electron chi connectivity index (χ3n) is 15.4. The average molecular weight is 705 g/mol. The molecule has 0 aromatic heterocycles. The lowest BCUT2D eigenvalue weighted by Gasteiger charge is -2.61. The summed E-state index contributed by atoms with van der Waals surface area (Å²) in [5.41, 5.74) is 0.955. The summed E-state index contributed by atoms with van der Waals surface area (Å²) >= 11 is 0. The molecule has 0 bridgehead atoms. The second-order valence-corrected chi connectivity index (χ2v) is 21.3. The maximum atomic E-state index is 13.2. The van der Waals surface area contributed by atoms with Crippen molar-refractivity contribution < 1.29 is 14.0 Å². The average Bonchev–Trinajstić information content (AvgIpc) is 3.41. The van der Waals surface area contributed by atoms with E-state index in [4.69, 9.17) is 4.52 Å². The van der Waals surface area contributed by atoms with Crippen LogP contribution in [0.3, 0.4) is 0 Å². The summed E-state index contributed by atoms with van der Waals surface area (Å²) in [6, 6.07) is 0. The normalized spacial score (nSPS) is 34.7. The summed E-state index contributed by atoms with van der Waals surface area (Å²) < 4.78 is 19.3. The van der Waals surface area contributed by atoms with Gasteiger partial charge in [-0.2, -0.15) is 0 Å². The molecule has 2 unspecified atom stereocenters. The molecule has 0 aromatic carbocycles. The Morgan fingerprint density at radius 2 is 1.20 bits per heavy atom. The molecule has 4 aliphatic carbocycles. The lowest BCUT2D eigenvalue weighted by atomic mass is 9.44. The highest BCUT2D eigenvalue weighted by atomic mass is 31.2. The van der Waals surface area contributed by atoms with Crippen molar-refractivity contribution in [2.45, 2.75) is 227 Å². The summed E-state index contributed by atoms with van der Waals surface area (Å²) in [4.78, 5) is 10.8. The molecule has 3 nitrogen and oxygen atoms in total. The minimum absolute atomic E-state index is 0.0112. The van der Waals surface area contributed by atoms with Gasteiger partial charge in [-0.3, -0.25) is 4.57 Å². The molecule has 1 N–H and O–H groups in total. The molecule has 0 amide bonds. The van der Waals surface area contributed by atoms with Gasteiger partial charge >= 0.3 is 7.60 Å². The molecular formula is C45H85O3P. The summed E-state index contributed by atoms with van der Waals surface area (Å²) in [7, 11) is -3.50. The monoisotopic (exact) mass is 705 g/mol. The van der Waals surface area contributed by atoms with E-state index in [0.29, 0.717) is 22.9 Å². The zero-order chi connectivity index (χ0) is 35.3. The molecule has 4 rings (SSSR count). The van der Waals surface area contributed by atoms with Gasteiger partial charge in [-0.15, -0.1) is 0 Å². The van der Waals surface area contributed by atoms with E-state index < -0.39 is 7.60 Å². The Kier molecular flexibility index (Phi) is 17.6. The molecule has 4 aliphatic rings. The maximum absolute atomic E-state index is 13.2. The van der Waals surface area contributed by atoms with E-state index in [1.165, 1.54) is 154 Å². The topological polar surface area (TPSA) is 46.5 Å². The van der Waals surface area contributed by atoms with Crippen LogP contribution in [0.4, 0.5) is 0 Å². The Morgan fingerprint density at radius 1 is 0.653 bits per heavy atom. The first-order chi connectivity index (χ1) is 23.5. The second-order valence-electron chi connectivity index (χ2n) is 19.4. The summed E-state index contributed by atoms with van der Waals surface area (Å²) in [6.07, 6.45) is 37.4. The molecule has 10 atom stereocenters. The maximum Gasteiger partial charge on any atom is 0.328 e. The van der Waals surface area contributed by atoms with Gasteiger partial charge in [-0.1, -0.05) is 157 Å². The van der Waals surface area contributed by atoms with E-state index in [2.05, 4.69) is 41.5 Å². The second kappa shape index (κ2) is 20.6. The number of unbranched alkanes of at least 4 members (excludes halogenated alkanes) is 15. The van der Waals surface area contributed by atoms with Crippen molar-refractivity contribution in [3.05, 3.63) is 0 Å². The predicted molar refractivity (Wildman–Crippen MR) is 212 cm³/mol. The van der Waals surface area contributed by atoms with Gasteiger partial charge in [0.05, 0.1) is 6.10 Å². The van der Waals surface area contributed by atoms with Crippen LogP contribution in [-0.2, 0) is 9.09 Å². The Hall–Kier alpha value is 0.150. The predicted octanol–water partition coefficient (Wildman–Crippen LogP) is 14.9. The van der Waals surface area contributed by atoms with Crippen molar-refractivity contribution in [1.29, 1.82) is 0 Å². The van der Waals surface area contributed by atoms with Gasteiger partial charge < -0.3 is 9.42 Å².